The van der Waals surface area contributed by atoms with Gasteiger partial charge in [-0.25, -0.2) is 0 Å². The number of aromatic nitrogens is 3. The molecular formula is C12H9N3. The summed E-state index contributed by atoms with van der Waals surface area (Å²) >= 11 is 0. The van der Waals surface area contributed by atoms with E-state index >= 15 is 0 Å². The number of nitrogens with zero attached hydrogens (tertiary/aromatic N) is 3. The Morgan fingerprint density at radius 2 is 1.53 bits per heavy atom. The molecular weight excluding hydrogens is 186 g/mol. The zero-order valence-corrected chi connectivity index (χ0v) is 8.04. The average Bonchev–Trinajstić information content (AvgIpc) is 2.82. The number of rotatable bonds is 1. The molecule has 0 atom stereocenters. The summed E-state index contributed by atoms with van der Waals surface area (Å²) in [6, 6.07) is 14.4. The third-order valence-corrected chi connectivity index (χ3v) is 2.38. The average molecular weight is 195 g/mol. The number of hydrogen-bond donors (Lipinski definition) is 0. The molecule has 0 amide bonds. The predicted molar refractivity (Wildman–Crippen MR) is 58.9 cm³/mol. The van der Waals surface area contributed by atoms with Crippen molar-refractivity contribution >= 4 is 10.8 Å². The van der Waals surface area contributed by atoms with Crippen LogP contribution in [-0.2, 0) is 0 Å². The molecule has 72 valence electrons. The van der Waals surface area contributed by atoms with Gasteiger partial charge in [-0.3, -0.25) is 0 Å². The van der Waals surface area contributed by atoms with E-state index in [2.05, 4.69) is 34.5 Å². The molecule has 0 spiro atoms. The standard InChI is InChI=1S/C12H9N3/c1-2-4-11-9-12(6-5-10(11)3-1)15-13-7-8-14-15/h1-9H. The normalized spacial score (nSPS) is 10.7. The first-order chi connectivity index (χ1) is 7.43. The van der Waals surface area contributed by atoms with Crippen LogP contribution in [0, 0.1) is 0 Å². The van der Waals surface area contributed by atoms with Crippen LogP contribution in [0.5, 0.6) is 0 Å². The second-order valence-electron chi connectivity index (χ2n) is 3.35. The van der Waals surface area contributed by atoms with Crippen molar-refractivity contribution < 1.29 is 0 Å². The summed E-state index contributed by atoms with van der Waals surface area (Å²) < 4.78 is 0. The van der Waals surface area contributed by atoms with Gasteiger partial charge in [0.05, 0.1) is 18.1 Å². The zero-order valence-electron chi connectivity index (χ0n) is 8.04. The van der Waals surface area contributed by atoms with E-state index in [-0.39, 0.29) is 0 Å². The van der Waals surface area contributed by atoms with Gasteiger partial charge in [-0.05, 0) is 22.9 Å². The molecule has 1 aromatic heterocycles. The van der Waals surface area contributed by atoms with Crippen molar-refractivity contribution in [3.8, 4) is 5.69 Å². The molecule has 3 rings (SSSR count). The van der Waals surface area contributed by atoms with Crippen molar-refractivity contribution in [1.82, 2.24) is 15.0 Å². The Labute approximate surface area is 87.0 Å². The molecule has 0 aliphatic rings. The molecule has 2 aromatic carbocycles. The molecule has 0 aliphatic heterocycles. The van der Waals surface area contributed by atoms with E-state index < -0.39 is 0 Å². The summed E-state index contributed by atoms with van der Waals surface area (Å²) in [6.45, 7) is 0. The largest absolute Gasteiger partial charge is 0.157 e. The van der Waals surface area contributed by atoms with Gasteiger partial charge in [0.15, 0.2) is 0 Å². The summed E-state index contributed by atoms with van der Waals surface area (Å²) in [5, 5.41) is 10.6. The minimum atomic E-state index is 0.985. The first-order valence-corrected chi connectivity index (χ1v) is 4.79. The Bertz CT molecular complexity index is 585. The van der Waals surface area contributed by atoms with Crippen LogP contribution < -0.4 is 0 Å². The van der Waals surface area contributed by atoms with Gasteiger partial charge in [0.1, 0.15) is 0 Å². The Morgan fingerprint density at radius 1 is 0.800 bits per heavy atom. The third kappa shape index (κ3) is 1.38. The Balaban J connectivity index is 2.22. The van der Waals surface area contributed by atoms with Crippen molar-refractivity contribution in [3.63, 3.8) is 0 Å². The van der Waals surface area contributed by atoms with Crippen LogP contribution in [-0.4, -0.2) is 15.0 Å². The van der Waals surface area contributed by atoms with Gasteiger partial charge in [-0.2, -0.15) is 15.0 Å². The fourth-order valence-electron chi connectivity index (χ4n) is 1.65. The van der Waals surface area contributed by atoms with Crippen LogP contribution in [0.25, 0.3) is 16.5 Å². The van der Waals surface area contributed by atoms with Gasteiger partial charge in [0.25, 0.3) is 0 Å². The maximum atomic E-state index is 4.10. The van der Waals surface area contributed by atoms with Crippen LogP contribution in [0.15, 0.2) is 54.9 Å². The molecule has 0 saturated heterocycles. The lowest BCUT2D eigenvalue weighted by Gasteiger charge is -2.01. The summed E-state index contributed by atoms with van der Waals surface area (Å²) in [5.41, 5.74) is 0.985. The predicted octanol–water partition coefficient (Wildman–Crippen LogP) is 2.42. The smallest absolute Gasteiger partial charge is 0.0863 e. The Hall–Kier alpha value is -2.16. The molecule has 0 bridgehead atoms. The lowest BCUT2D eigenvalue weighted by atomic mass is 10.1. The monoisotopic (exact) mass is 195 g/mol. The van der Waals surface area contributed by atoms with Gasteiger partial charge in [0.2, 0.25) is 0 Å². The second kappa shape index (κ2) is 3.20. The summed E-state index contributed by atoms with van der Waals surface area (Å²) in [6.07, 6.45) is 3.35. The van der Waals surface area contributed by atoms with Gasteiger partial charge >= 0.3 is 0 Å². The molecule has 0 aliphatic carbocycles. The first-order valence-electron chi connectivity index (χ1n) is 4.79. The van der Waals surface area contributed by atoms with E-state index in [0.29, 0.717) is 0 Å². The molecule has 1 heterocycles. The molecule has 0 fully saturated rings. The van der Waals surface area contributed by atoms with E-state index in [1.54, 1.807) is 17.2 Å². The van der Waals surface area contributed by atoms with Crippen LogP contribution >= 0.6 is 0 Å². The molecule has 0 radical (unpaired) electrons. The quantitative estimate of drug-likeness (QED) is 0.597. The second-order valence-corrected chi connectivity index (χ2v) is 3.35. The van der Waals surface area contributed by atoms with E-state index in [1.807, 2.05) is 18.2 Å². The summed E-state index contributed by atoms with van der Waals surface area (Å²) in [5.74, 6) is 0. The highest BCUT2D eigenvalue weighted by molar-refractivity contribution is 5.84. The Kier molecular flexibility index (Phi) is 1.75. The fraction of sp³-hybridized carbons (Fsp3) is 0. The molecule has 3 aromatic rings. The molecule has 15 heavy (non-hydrogen) atoms. The lowest BCUT2D eigenvalue weighted by molar-refractivity contribution is 0.753. The van der Waals surface area contributed by atoms with Crippen LogP contribution in [0.2, 0.25) is 0 Å². The SMILES string of the molecule is c1ccc2cc(-n3nccn3)ccc2c1. The minimum absolute atomic E-state index is 0.985. The van der Waals surface area contributed by atoms with Gasteiger partial charge in [-0.15, -0.1) is 0 Å². The first kappa shape index (κ1) is 8.17. The van der Waals surface area contributed by atoms with Crippen molar-refractivity contribution in [2.75, 3.05) is 0 Å². The lowest BCUT2D eigenvalue weighted by Crippen LogP contribution is -1.97. The van der Waals surface area contributed by atoms with Crippen molar-refractivity contribution in [2.24, 2.45) is 0 Å². The molecule has 0 N–H and O–H groups in total. The van der Waals surface area contributed by atoms with Crippen LogP contribution in [0.4, 0.5) is 0 Å². The highest BCUT2D eigenvalue weighted by atomic mass is 15.5. The minimum Gasteiger partial charge on any atom is -0.157 e. The van der Waals surface area contributed by atoms with Gasteiger partial charge in [-0.1, -0.05) is 30.3 Å². The summed E-state index contributed by atoms with van der Waals surface area (Å²) in [7, 11) is 0. The number of benzene rings is 2. The van der Waals surface area contributed by atoms with Crippen LogP contribution in [0.3, 0.4) is 0 Å². The molecule has 3 heteroatoms. The molecule has 3 nitrogen and oxygen atoms in total. The number of hydrogen-bond acceptors (Lipinski definition) is 2. The highest BCUT2D eigenvalue weighted by Crippen LogP contribution is 2.16. The van der Waals surface area contributed by atoms with E-state index in [0.717, 1.165) is 5.69 Å². The van der Waals surface area contributed by atoms with E-state index in [1.165, 1.54) is 10.8 Å². The summed E-state index contributed by atoms with van der Waals surface area (Å²) in [4.78, 5) is 1.62. The molecule has 0 unspecified atom stereocenters. The van der Waals surface area contributed by atoms with Crippen molar-refractivity contribution in [2.45, 2.75) is 0 Å². The van der Waals surface area contributed by atoms with Gasteiger partial charge in [0, 0.05) is 0 Å². The Morgan fingerprint density at radius 3 is 2.33 bits per heavy atom. The fourth-order valence-corrected chi connectivity index (χ4v) is 1.65. The zero-order chi connectivity index (χ0) is 10.1. The highest BCUT2D eigenvalue weighted by Gasteiger charge is 1.98. The van der Waals surface area contributed by atoms with Gasteiger partial charge < -0.3 is 0 Å². The third-order valence-electron chi connectivity index (χ3n) is 2.38. The number of fused-ring (bicyclic) bond motifs is 1. The molecule has 0 saturated carbocycles. The van der Waals surface area contributed by atoms with Crippen molar-refractivity contribution in [3.05, 3.63) is 54.9 Å². The topological polar surface area (TPSA) is 30.7 Å². The van der Waals surface area contributed by atoms with E-state index in [9.17, 15) is 0 Å². The maximum absolute atomic E-state index is 4.10. The van der Waals surface area contributed by atoms with E-state index in [4.69, 9.17) is 0 Å². The van der Waals surface area contributed by atoms with Crippen molar-refractivity contribution in [1.29, 1.82) is 0 Å². The van der Waals surface area contributed by atoms with Crippen LogP contribution in [0.1, 0.15) is 0 Å². The maximum Gasteiger partial charge on any atom is 0.0863 e.